The van der Waals surface area contributed by atoms with Crippen LogP contribution in [0, 0.1) is 0 Å². The summed E-state index contributed by atoms with van der Waals surface area (Å²) < 4.78 is 0. The van der Waals surface area contributed by atoms with Crippen molar-refractivity contribution in [1.29, 1.82) is 0 Å². The summed E-state index contributed by atoms with van der Waals surface area (Å²) in [6, 6.07) is 13.6. The molecular formula is C12H12N2O. The molecule has 0 amide bonds. The number of benzene rings is 1. The Balaban J connectivity index is 0.000000124. The van der Waals surface area contributed by atoms with E-state index in [2.05, 4.69) is 28.2 Å². The minimum atomic E-state index is 0.218. The van der Waals surface area contributed by atoms with Crippen LogP contribution in [0.25, 0.3) is 10.9 Å². The zero-order valence-electron chi connectivity index (χ0n) is 8.14. The van der Waals surface area contributed by atoms with Gasteiger partial charge in [-0.25, -0.2) is 0 Å². The molecule has 1 aromatic carbocycles. The SMILES string of the molecule is Oc1ccc[nH]1.c1ccc2[nH]ccc2c1. The first-order valence-corrected chi connectivity index (χ1v) is 4.71. The summed E-state index contributed by atoms with van der Waals surface area (Å²) >= 11 is 0. The molecule has 15 heavy (non-hydrogen) atoms. The van der Waals surface area contributed by atoms with Crippen LogP contribution >= 0.6 is 0 Å². The summed E-state index contributed by atoms with van der Waals surface area (Å²) in [6.07, 6.45) is 3.61. The molecule has 0 radical (unpaired) electrons. The second-order valence-electron chi connectivity index (χ2n) is 3.12. The van der Waals surface area contributed by atoms with Crippen molar-refractivity contribution in [3.05, 3.63) is 54.9 Å². The maximum Gasteiger partial charge on any atom is 0.188 e. The Kier molecular flexibility index (Phi) is 2.74. The molecular weight excluding hydrogens is 188 g/mol. The van der Waals surface area contributed by atoms with Gasteiger partial charge in [0.2, 0.25) is 0 Å². The highest BCUT2D eigenvalue weighted by atomic mass is 16.3. The highest BCUT2D eigenvalue weighted by Crippen LogP contribution is 2.09. The Labute approximate surface area is 87.4 Å². The van der Waals surface area contributed by atoms with Gasteiger partial charge in [-0.2, -0.15) is 0 Å². The molecule has 0 bridgehead atoms. The molecule has 3 heteroatoms. The molecule has 0 spiro atoms. The van der Waals surface area contributed by atoms with Crippen LogP contribution in [0.3, 0.4) is 0 Å². The second kappa shape index (κ2) is 4.37. The Morgan fingerprint density at radius 2 is 1.67 bits per heavy atom. The van der Waals surface area contributed by atoms with Crippen molar-refractivity contribution in [3.8, 4) is 5.88 Å². The summed E-state index contributed by atoms with van der Waals surface area (Å²) in [4.78, 5) is 5.68. The molecule has 0 atom stereocenters. The van der Waals surface area contributed by atoms with E-state index < -0.39 is 0 Å². The Morgan fingerprint density at radius 1 is 0.800 bits per heavy atom. The number of fused-ring (bicyclic) bond motifs is 1. The molecule has 76 valence electrons. The molecule has 2 aromatic heterocycles. The summed E-state index contributed by atoms with van der Waals surface area (Å²) in [5, 5.41) is 9.69. The number of hydrogen-bond acceptors (Lipinski definition) is 1. The van der Waals surface area contributed by atoms with Crippen molar-refractivity contribution in [1.82, 2.24) is 9.97 Å². The largest absolute Gasteiger partial charge is 0.495 e. The molecule has 0 aliphatic heterocycles. The highest BCUT2D eigenvalue weighted by molar-refractivity contribution is 5.78. The van der Waals surface area contributed by atoms with Crippen molar-refractivity contribution < 1.29 is 5.11 Å². The first kappa shape index (κ1) is 9.40. The van der Waals surface area contributed by atoms with E-state index >= 15 is 0 Å². The lowest BCUT2D eigenvalue weighted by Crippen LogP contribution is -1.61. The summed E-state index contributed by atoms with van der Waals surface area (Å²) in [5.41, 5.74) is 1.21. The first-order valence-electron chi connectivity index (χ1n) is 4.71. The molecule has 0 fully saturated rings. The Morgan fingerprint density at radius 3 is 2.27 bits per heavy atom. The molecule has 3 rings (SSSR count). The van der Waals surface area contributed by atoms with E-state index in [9.17, 15) is 0 Å². The molecule has 2 heterocycles. The number of aromatic hydroxyl groups is 1. The van der Waals surface area contributed by atoms with Gasteiger partial charge in [-0.3, -0.25) is 0 Å². The van der Waals surface area contributed by atoms with Crippen molar-refractivity contribution in [2.75, 3.05) is 0 Å². The van der Waals surface area contributed by atoms with E-state index in [1.165, 1.54) is 10.9 Å². The van der Waals surface area contributed by atoms with E-state index in [4.69, 9.17) is 5.11 Å². The molecule has 3 N–H and O–H groups in total. The average molecular weight is 200 g/mol. The Hall–Kier alpha value is -2.16. The zero-order chi connectivity index (χ0) is 10.5. The maximum atomic E-state index is 8.42. The molecule has 3 aromatic rings. The third-order valence-corrected chi connectivity index (χ3v) is 2.04. The number of para-hydroxylation sites is 1. The van der Waals surface area contributed by atoms with Crippen molar-refractivity contribution in [3.63, 3.8) is 0 Å². The summed E-state index contributed by atoms with van der Waals surface area (Å²) in [5.74, 6) is 0.218. The summed E-state index contributed by atoms with van der Waals surface area (Å²) in [6.45, 7) is 0. The van der Waals surface area contributed by atoms with Crippen LogP contribution in [0.4, 0.5) is 0 Å². The molecule has 0 saturated carbocycles. The van der Waals surface area contributed by atoms with E-state index in [0.29, 0.717) is 0 Å². The highest BCUT2D eigenvalue weighted by Gasteiger charge is 1.86. The Bertz CT molecular complexity index is 481. The van der Waals surface area contributed by atoms with E-state index in [1.807, 2.05) is 18.3 Å². The van der Waals surface area contributed by atoms with Gasteiger partial charge in [0.15, 0.2) is 5.88 Å². The van der Waals surface area contributed by atoms with Gasteiger partial charge in [0.05, 0.1) is 0 Å². The minimum absolute atomic E-state index is 0.218. The van der Waals surface area contributed by atoms with Crippen LogP contribution in [0.5, 0.6) is 5.88 Å². The topological polar surface area (TPSA) is 51.8 Å². The lowest BCUT2D eigenvalue weighted by molar-refractivity contribution is 0.457. The number of aromatic nitrogens is 2. The predicted molar refractivity (Wildman–Crippen MR) is 60.8 cm³/mol. The fourth-order valence-corrected chi connectivity index (χ4v) is 1.32. The van der Waals surface area contributed by atoms with Gasteiger partial charge in [0, 0.05) is 17.9 Å². The van der Waals surface area contributed by atoms with Crippen LogP contribution in [0.1, 0.15) is 0 Å². The number of H-pyrrole nitrogens is 2. The van der Waals surface area contributed by atoms with E-state index in [1.54, 1.807) is 18.3 Å². The fourth-order valence-electron chi connectivity index (χ4n) is 1.32. The van der Waals surface area contributed by atoms with Gasteiger partial charge in [-0.05, 0) is 29.7 Å². The monoisotopic (exact) mass is 200 g/mol. The van der Waals surface area contributed by atoms with Gasteiger partial charge in [0.25, 0.3) is 0 Å². The third-order valence-electron chi connectivity index (χ3n) is 2.04. The quantitative estimate of drug-likeness (QED) is 0.513. The number of hydrogen-bond donors (Lipinski definition) is 3. The van der Waals surface area contributed by atoms with Gasteiger partial charge < -0.3 is 15.1 Å². The van der Waals surface area contributed by atoms with Crippen LogP contribution < -0.4 is 0 Å². The molecule has 0 aliphatic rings. The van der Waals surface area contributed by atoms with Crippen molar-refractivity contribution in [2.45, 2.75) is 0 Å². The van der Waals surface area contributed by atoms with E-state index in [-0.39, 0.29) is 5.88 Å². The molecule has 3 nitrogen and oxygen atoms in total. The maximum absolute atomic E-state index is 8.42. The minimum Gasteiger partial charge on any atom is -0.495 e. The predicted octanol–water partition coefficient (Wildman–Crippen LogP) is 2.89. The second-order valence-corrected chi connectivity index (χ2v) is 3.12. The fraction of sp³-hybridized carbons (Fsp3) is 0. The third kappa shape index (κ3) is 2.40. The van der Waals surface area contributed by atoms with Crippen molar-refractivity contribution in [2.24, 2.45) is 0 Å². The van der Waals surface area contributed by atoms with Crippen LogP contribution in [-0.4, -0.2) is 15.1 Å². The zero-order valence-corrected chi connectivity index (χ0v) is 8.14. The van der Waals surface area contributed by atoms with Gasteiger partial charge in [-0.15, -0.1) is 0 Å². The van der Waals surface area contributed by atoms with Gasteiger partial charge in [-0.1, -0.05) is 18.2 Å². The molecule has 0 saturated heterocycles. The molecule has 0 aliphatic carbocycles. The number of nitrogens with one attached hydrogen (secondary N) is 2. The lowest BCUT2D eigenvalue weighted by Gasteiger charge is -1.83. The van der Waals surface area contributed by atoms with Gasteiger partial charge >= 0.3 is 0 Å². The standard InChI is InChI=1S/C8H7N.C4H5NO/c1-2-4-8-7(3-1)5-6-9-8;6-4-2-1-3-5-4/h1-6,9H;1-3,5-6H. The van der Waals surface area contributed by atoms with E-state index in [0.717, 1.165) is 0 Å². The lowest BCUT2D eigenvalue weighted by atomic mass is 10.3. The first-order chi connectivity index (χ1) is 7.36. The molecule has 0 unspecified atom stereocenters. The number of rotatable bonds is 0. The number of aromatic amines is 2. The van der Waals surface area contributed by atoms with Crippen LogP contribution in [-0.2, 0) is 0 Å². The average Bonchev–Trinajstić information content (AvgIpc) is 2.88. The summed E-state index contributed by atoms with van der Waals surface area (Å²) in [7, 11) is 0. The van der Waals surface area contributed by atoms with Crippen molar-refractivity contribution >= 4 is 10.9 Å². The smallest absolute Gasteiger partial charge is 0.188 e. The van der Waals surface area contributed by atoms with Crippen LogP contribution in [0.2, 0.25) is 0 Å². The van der Waals surface area contributed by atoms with Crippen LogP contribution in [0.15, 0.2) is 54.9 Å². The van der Waals surface area contributed by atoms with Gasteiger partial charge in [0.1, 0.15) is 0 Å². The normalized spacial score (nSPS) is 9.60.